The summed E-state index contributed by atoms with van der Waals surface area (Å²) in [5, 5.41) is 3.14. The largest absolute Gasteiger partial charge is 0.401 e. The van der Waals surface area contributed by atoms with Crippen molar-refractivity contribution < 1.29 is 18.0 Å². The molecule has 19 heavy (non-hydrogen) atoms. The van der Waals surface area contributed by atoms with Crippen molar-refractivity contribution in [1.29, 1.82) is 0 Å². The number of carbonyl (C=O) groups is 1. The van der Waals surface area contributed by atoms with Crippen molar-refractivity contribution in [2.24, 2.45) is 0 Å². The number of alkyl halides is 3. The second kappa shape index (κ2) is 6.09. The number of nitrogens with one attached hydrogen (secondary N) is 1. The van der Waals surface area contributed by atoms with E-state index in [1.54, 1.807) is 4.90 Å². The third-order valence-corrected chi connectivity index (χ3v) is 3.66. The molecule has 0 radical (unpaired) electrons. The van der Waals surface area contributed by atoms with Crippen molar-refractivity contribution in [2.75, 3.05) is 39.3 Å². The smallest absolute Gasteiger partial charge is 0.340 e. The lowest BCUT2D eigenvalue weighted by molar-refractivity contribution is -0.145. The van der Waals surface area contributed by atoms with Crippen LogP contribution in [0.15, 0.2) is 0 Å². The average molecular weight is 279 g/mol. The highest BCUT2D eigenvalue weighted by Crippen LogP contribution is 2.18. The lowest BCUT2D eigenvalue weighted by atomic mass is 10.2. The summed E-state index contributed by atoms with van der Waals surface area (Å²) in [6.07, 6.45) is -1.73. The standard InChI is InChI=1S/C12H20F3N3O/c13-12(14,15)9-17-5-2-6-18(8-7-17)11(19)10-3-1-4-16-10/h10,16H,1-9H2/t10-/m0/s1. The van der Waals surface area contributed by atoms with Crippen LogP contribution >= 0.6 is 0 Å². The SMILES string of the molecule is O=C([C@@H]1CCCN1)N1CCCN(CC(F)(F)F)CC1. The highest BCUT2D eigenvalue weighted by Gasteiger charge is 2.33. The summed E-state index contributed by atoms with van der Waals surface area (Å²) in [7, 11) is 0. The second-order valence-corrected chi connectivity index (χ2v) is 5.22. The number of carbonyl (C=O) groups excluding carboxylic acids is 1. The van der Waals surface area contributed by atoms with Crippen molar-refractivity contribution in [1.82, 2.24) is 15.1 Å². The fourth-order valence-electron chi connectivity index (χ4n) is 2.72. The Morgan fingerprint density at radius 3 is 2.58 bits per heavy atom. The van der Waals surface area contributed by atoms with Gasteiger partial charge in [0, 0.05) is 26.2 Å². The van der Waals surface area contributed by atoms with E-state index in [9.17, 15) is 18.0 Å². The maximum Gasteiger partial charge on any atom is 0.401 e. The summed E-state index contributed by atoms with van der Waals surface area (Å²) < 4.78 is 37.0. The zero-order chi connectivity index (χ0) is 13.9. The van der Waals surface area contributed by atoms with Crippen LogP contribution in [-0.4, -0.2) is 67.2 Å². The van der Waals surface area contributed by atoms with Crippen LogP contribution in [0.4, 0.5) is 13.2 Å². The lowest BCUT2D eigenvalue weighted by Gasteiger charge is -2.25. The van der Waals surface area contributed by atoms with Crippen molar-refractivity contribution >= 4 is 5.91 Å². The van der Waals surface area contributed by atoms with Gasteiger partial charge in [-0.25, -0.2) is 0 Å². The van der Waals surface area contributed by atoms with Gasteiger partial charge < -0.3 is 10.2 Å². The van der Waals surface area contributed by atoms with E-state index >= 15 is 0 Å². The molecule has 0 aliphatic carbocycles. The van der Waals surface area contributed by atoms with Crippen LogP contribution in [0.25, 0.3) is 0 Å². The van der Waals surface area contributed by atoms with Gasteiger partial charge in [0.1, 0.15) is 0 Å². The number of hydrogen-bond acceptors (Lipinski definition) is 3. The van der Waals surface area contributed by atoms with Crippen molar-refractivity contribution in [3.8, 4) is 0 Å². The summed E-state index contributed by atoms with van der Waals surface area (Å²) in [6.45, 7) is 1.64. The summed E-state index contributed by atoms with van der Waals surface area (Å²) in [5.74, 6) is 0.0476. The molecule has 0 spiro atoms. The van der Waals surface area contributed by atoms with Gasteiger partial charge in [-0.2, -0.15) is 13.2 Å². The van der Waals surface area contributed by atoms with Gasteiger partial charge in [0.05, 0.1) is 12.6 Å². The average Bonchev–Trinajstić information content (AvgIpc) is 2.75. The maximum absolute atomic E-state index is 12.3. The summed E-state index contributed by atoms with van der Waals surface area (Å²) in [5.41, 5.74) is 0. The van der Waals surface area contributed by atoms with E-state index in [4.69, 9.17) is 0 Å². The minimum atomic E-state index is -4.16. The molecule has 110 valence electrons. The highest BCUT2D eigenvalue weighted by atomic mass is 19.4. The van der Waals surface area contributed by atoms with E-state index in [1.165, 1.54) is 4.90 Å². The zero-order valence-corrected chi connectivity index (χ0v) is 10.9. The molecule has 2 aliphatic heterocycles. The Morgan fingerprint density at radius 2 is 1.95 bits per heavy atom. The van der Waals surface area contributed by atoms with Crippen molar-refractivity contribution in [3.05, 3.63) is 0 Å². The molecular weight excluding hydrogens is 259 g/mol. The normalized spacial score (nSPS) is 26.5. The third kappa shape index (κ3) is 4.35. The number of nitrogens with zero attached hydrogens (tertiary/aromatic N) is 2. The molecule has 0 aromatic heterocycles. The Morgan fingerprint density at radius 1 is 1.16 bits per heavy atom. The summed E-state index contributed by atoms with van der Waals surface area (Å²) >= 11 is 0. The molecule has 2 rings (SSSR count). The minimum absolute atomic E-state index is 0.0476. The fraction of sp³-hybridized carbons (Fsp3) is 0.917. The van der Waals surface area contributed by atoms with Gasteiger partial charge >= 0.3 is 6.18 Å². The molecule has 7 heteroatoms. The fourth-order valence-corrected chi connectivity index (χ4v) is 2.72. The first kappa shape index (κ1) is 14.6. The second-order valence-electron chi connectivity index (χ2n) is 5.22. The number of rotatable bonds is 2. The van der Waals surface area contributed by atoms with Crippen LogP contribution in [-0.2, 0) is 4.79 Å². The molecule has 2 saturated heterocycles. The molecule has 0 unspecified atom stereocenters. The van der Waals surface area contributed by atoms with Gasteiger partial charge in [-0.05, 0) is 25.8 Å². The highest BCUT2D eigenvalue weighted by molar-refractivity contribution is 5.82. The molecule has 2 heterocycles. The van der Waals surface area contributed by atoms with Crippen molar-refractivity contribution in [3.63, 3.8) is 0 Å². The monoisotopic (exact) mass is 279 g/mol. The summed E-state index contributed by atoms with van der Waals surface area (Å²) in [6, 6.07) is -0.130. The van der Waals surface area contributed by atoms with Gasteiger partial charge in [-0.3, -0.25) is 9.69 Å². The molecule has 0 aromatic carbocycles. The zero-order valence-electron chi connectivity index (χ0n) is 10.9. The van der Waals surface area contributed by atoms with Crippen molar-refractivity contribution in [2.45, 2.75) is 31.5 Å². The molecule has 0 saturated carbocycles. The Labute approximate surface area is 110 Å². The van der Waals surface area contributed by atoms with Crippen LogP contribution in [0.3, 0.4) is 0 Å². The number of amides is 1. The first-order chi connectivity index (χ1) is 8.96. The first-order valence-electron chi connectivity index (χ1n) is 6.77. The van der Waals surface area contributed by atoms with Gasteiger partial charge in [0.25, 0.3) is 0 Å². The van der Waals surface area contributed by atoms with E-state index < -0.39 is 12.7 Å². The summed E-state index contributed by atoms with van der Waals surface area (Å²) in [4.78, 5) is 15.3. The van der Waals surface area contributed by atoms with Crippen LogP contribution in [0.5, 0.6) is 0 Å². The molecule has 2 fully saturated rings. The van der Waals surface area contributed by atoms with Gasteiger partial charge in [-0.1, -0.05) is 0 Å². The maximum atomic E-state index is 12.3. The predicted octanol–water partition coefficient (Wildman–Crippen LogP) is 0.835. The molecule has 1 N–H and O–H groups in total. The molecular formula is C12H20F3N3O. The number of hydrogen-bond donors (Lipinski definition) is 1. The van der Waals surface area contributed by atoms with Gasteiger partial charge in [0.2, 0.25) is 5.91 Å². The lowest BCUT2D eigenvalue weighted by Crippen LogP contribution is -2.45. The Bertz CT molecular complexity index is 316. The van der Waals surface area contributed by atoms with Crippen LogP contribution < -0.4 is 5.32 Å². The van der Waals surface area contributed by atoms with E-state index in [0.29, 0.717) is 32.6 Å². The van der Waals surface area contributed by atoms with Crippen LogP contribution in [0.1, 0.15) is 19.3 Å². The molecule has 2 aliphatic rings. The topological polar surface area (TPSA) is 35.6 Å². The molecule has 4 nitrogen and oxygen atoms in total. The number of halogens is 3. The quantitative estimate of drug-likeness (QED) is 0.813. The van der Waals surface area contributed by atoms with Gasteiger partial charge in [-0.15, -0.1) is 0 Å². The predicted molar refractivity (Wildman–Crippen MR) is 64.7 cm³/mol. The minimum Gasteiger partial charge on any atom is -0.340 e. The van der Waals surface area contributed by atoms with E-state index in [0.717, 1.165) is 19.4 Å². The van der Waals surface area contributed by atoms with Crippen LogP contribution in [0.2, 0.25) is 0 Å². The van der Waals surface area contributed by atoms with E-state index in [2.05, 4.69) is 5.32 Å². The van der Waals surface area contributed by atoms with Crippen LogP contribution in [0, 0.1) is 0 Å². The molecule has 0 aromatic rings. The van der Waals surface area contributed by atoms with Gasteiger partial charge in [0.15, 0.2) is 0 Å². The molecule has 1 amide bonds. The Kier molecular flexibility index (Phi) is 4.67. The van der Waals surface area contributed by atoms with E-state index in [-0.39, 0.29) is 11.9 Å². The molecule has 1 atom stereocenters. The Hall–Kier alpha value is -0.820. The Balaban J connectivity index is 1.84. The van der Waals surface area contributed by atoms with E-state index in [1.807, 2.05) is 0 Å². The first-order valence-corrected chi connectivity index (χ1v) is 6.77. The third-order valence-electron chi connectivity index (χ3n) is 3.66. The molecule has 0 bridgehead atoms.